The normalized spacial score (nSPS) is 11.1. The molecule has 2 aromatic carbocycles. The van der Waals surface area contributed by atoms with Crippen LogP contribution in [-0.4, -0.2) is 25.2 Å². The monoisotopic (exact) mass is 481 g/mol. The average Bonchev–Trinajstić information content (AvgIpc) is 2.99. The van der Waals surface area contributed by atoms with Gasteiger partial charge in [0.05, 0.1) is 13.7 Å². The number of phenols is 1. The van der Waals surface area contributed by atoms with Crippen LogP contribution in [-0.2, 0) is 13.1 Å². The number of fused-ring (bicyclic) bond motifs is 1. The first-order valence-electron chi connectivity index (χ1n) is 8.39. The Hall–Kier alpha value is -2.42. The molecule has 0 aliphatic rings. The topological polar surface area (TPSA) is 79.0 Å². The second kappa shape index (κ2) is 9.50. The van der Waals surface area contributed by atoms with E-state index in [1.165, 1.54) is 0 Å². The van der Waals surface area contributed by atoms with Crippen molar-refractivity contribution in [2.24, 2.45) is 4.99 Å². The molecule has 0 fully saturated rings. The molecule has 0 atom stereocenters. The number of phenolic OH excluding ortho intramolecular Hbond substituents is 1. The molecule has 0 aliphatic heterocycles. The van der Waals surface area contributed by atoms with Crippen molar-refractivity contribution >= 4 is 40.9 Å². The summed E-state index contributed by atoms with van der Waals surface area (Å²) in [5.74, 6) is 2.40. The number of nitrogens with one attached hydrogen (secondary N) is 2. The van der Waals surface area contributed by atoms with Gasteiger partial charge in [0.1, 0.15) is 22.8 Å². The van der Waals surface area contributed by atoms with Crippen LogP contribution < -0.4 is 15.4 Å². The van der Waals surface area contributed by atoms with Gasteiger partial charge in [0.2, 0.25) is 0 Å². The molecule has 0 bridgehead atoms. The molecule has 3 N–H and O–H groups in total. The van der Waals surface area contributed by atoms with Gasteiger partial charge in [-0.25, -0.2) is 0 Å². The van der Waals surface area contributed by atoms with Crippen LogP contribution in [0.3, 0.4) is 0 Å². The molecule has 1 aromatic heterocycles. The Labute approximate surface area is 175 Å². The predicted molar refractivity (Wildman–Crippen MR) is 118 cm³/mol. The van der Waals surface area contributed by atoms with Crippen LogP contribution in [0.2, 0.25) is 0 Å². The summed E-state index contributed by atoms with van der Waals surface area (Å²) in [5, 5.41) is 17.5. The Bertz CT molecular complexity index is 937. The lowest BCUT2D eigenvalue weighted by atomic mass is 10.1. The number of nitrogens with zero attached hydrogens (tertiary/aromatic N) is 1. The van der Waals surface area contributed by atoms with E-state index in [0.29, 0.717) is 24.8 Å². The summed E-state index contributed by atoms with van der Waals surface area (Å²) in [4.78, 5) is 4.21. The number of aryl methyl sites for hydroxylation is 1. The highest BCUT2D eigenvalue weighted by Gasteiger charge is 2.11. The zero-order chi connectivity index (χ0) is 18.5. The largest absolute Gasteiger partial charge is 0.508 e. The van der Waals surface area contributed by atoms with Gasteiger partial charge in [0, 0.05) is 30.1 Å². The molecule has 1 heterocycles. The molecule has 7 heteroatoms. The van der Waals surface area contributed by atoms with E-state index < -0.39 is 0 Å². The number of hydrogen-bond donors (Lipinski definition) is 3. The number of hydrogen-bond acceptors (Lipinski definition) is 4. The molecule has 144 valence electrons. The summed E-state index contributed by atoms with van der Waals surface area (Å²) in [5.41, 5.74) is 2.73. The predicted octanol–water partition coefficient (Wildman–Crippen LogP) is 3.94. The van der Waals surface area contributed by atoms with Crippen molar-refractivity contribution < 1.29 is 14.3 Å². The highest BCUT2D eigenvalue weighted by molar-refractivity contribution is 14.0. The van der Waals surface area contributed by atoms with Crippen LogP contribution in [0.1, 0.15) is 16.9 Å². The third kappa shape index (κ3) is 4.85. The van der Waals surface area contributed by atoms with E-state index in [1.807, 2.05) is 25.1 Å². The minimum atomic E-state index is 0. The van der Waals surface area contributed by atoms with Gasteiger partial charge in [-0.15, -0.1) is 24.0 Å². The van der Waals surface area contributed by atoms with Crippen molar-refractivity contribution in [2.75, 3.05) is 14.2 Å². The highest BCUT2D eigenvalue weighted by Crippen LogP contribution is 2.25. The molecule has 0 saturated carbocycles. The minimum Gasteiger partial charge on any atom is -0.508 e. The number of ether oxygens (including phenoxy) is 1. The van der Waals surface area contributed by atoms with Crippen LogP contribution in [0, 0.1) is 6.92 Å². The molecule has 27 heavy (non-hydrogen) atoms. The lowest BCUT2D eigenvalue weighted by Crippen LogP contribution is -2.36. The second-order valence-electron chi connectivity index (χ2n) is 5.92. The number of rotatable bonds is 5. The Morgan fingerprint density at radius 1 is 1.15 bits per heavy atom. The van der Waals surface area contributed by atoms with Crippen LogP contribution in [0.4, 0.5) is 0 Å². The van der Waals surface area contributed by atoms with E-state index in [0.717, 1.165) is 27.9 Å². The molecule has 6 nitrogen and oxygen atoms in total. The van der Waals surface area contributed by atoms with Crippen molar-refractivity contribution in [2.45, 2.75) is 20.0 Å². The maximum Gasteiger partial charge on any atom is 0.191 e. The second-order valence-corrected chi connectivity index (χ2v) is 5.92. The summed E-state index contributed by atoms with van der Waals surface area (Å²) >= 11 is 0. The molecule has 0 amide bonds. The fourth-order valence-corrected chi connectivity index (χ4v) is 2.79. The van der Waals surface area contributed by atoms with E-state index in [2.05, 4.69) is 21.7 Å². The third-order valence-electron chi connectivity index (χ3n) is 4.32. The van der Waals surface area contributed by atoms with Gasteiger partial charge >= 0.3 is 0 Å². The smallest absolute Gasteiger partial charge is 0.191 e. The van der Waals surface area contributed by atoms with Crippen molar-refractivity contribution in [3.8, 4) is 11.5 Å². The Kier molecular flexibility index (Phi) is 7.35. The van der Waals surface area contributed by atoms with Crippen molar-refractivity contribution in [3.63, 3.8) is 0 Å². The molecular formula is C20H24IN3O3. The van der Waals surface area contributed by atoms with Crippen LogP contribution >= 0.6 is 24.0 Å². The molecule has 0 saturated heterocycles. The minimum absolute atomic E-state index is 0. The van der Waals surface area contributed by atoms with Crippen molar-refractivity contribution in [1.29, 1.82) is 0 Å². The molecule has 3 rings (SSSR count). The number of aliphatic imine (C=N–C) groups is 1. The number of furan rings is 1. The quantitative estimate of drug-likeness (QED) is 0.293. The highest BCUT2D eigenvalue weighted by atomic mass is 127. The molecule has 0 unspecified atom stereocenters. The van der Waals surface area contributed by atoms with Gasteiger partial charge < -0.3 is 24.9 Å². The Morgan fingerprint density at radius 2 is 1.89 bits per heavy atom. The summed E-state index contributed by atoms with van der Waals surface area (Å²) in [6.07, 6.45) is 0. The zero-order valence-corrected chi connectivity index (χ0v) is 17.9. The van der Waals surface area contributed by atoms with Crippen molar-refractivity contribution in [1.82, 2.24) is 10.6 Å². The first kappa shape index (κ1) is 20.9. The average molecular weight is 481 g/mol. The Morgan fingerprint density at radius 3 is 2.59 bits per heavy atom. The summed E-state index contributed by atoms with van der Waals surface area (Å²) in [6, 6.07) is 13.1. The van der Waals surface area contributed by atoms with Crippen LogP contribution in [0.25, 0.3) is 11.0 Å². The first-order chi connectivity index (χ1) is 12.6. The lowest BCUT2D eigenvalue weighted by Gasteiger charge is -2.13. The van der Waals surface area contributed by atoms with Gasteiger partial charge in [0.25, 0.3) is 0 Å². The molecule has 0 radical (unpaired) electrons. The zero-order valence-electron chi connectivity index (χ0n) is 15.6. The van der Waals surface area contributed by atoms with E-state index in [1.54, 1.807) is 32.4 Å². The molecular weight excluding hydrogens is 457 g/mol. The number of methoxy groups -OCH3 is 1. The van der Waals surface area contributed by atoms with E-state index in [9.17, 15) is 5.11 Å². The fourth-order valence-electron chi connectivity index (χ4n) is 2.79. The number of para-hydroxylation sites is 1. The van der Waals surface area contributed by atoms with Crippen molar-refractivity contribution in [3.05, 3.63) is 59.4 Å². The molecule has 0 spiro atoms. The van der Waals surface area contributed by atoms with Gasteiger partial charge in [-0.3, -0.25) is 4.99 Å². The maximum absolute atomic E-state index is 9.97. The van der Waals surface area contributed by atoms with Gasteiger partial charge in [-0.05, 0) is 31.2 Å². The van der Waals surface area contributed by atoms with Crippen LogP contribution in [0.15, 0.2) is 51.9 Å². The summed E-state index contributed by atoms with van der Waals surface area (Å²) in [7, 11) is 3.30. The Balaban J connectivity index is 0.00000261. The number of aromatic hydroxyl groups is 1. The van der Waals surface area contributed by atoms with Gasteiger partial charge in [-0.1, -0.05) is 18.2 Å². The fraction of sp³-hybridized carbons (Fsp3) is 0.250. The van der Waals surface area contributed by atoms with E-state index in [-0.39, 0.29) is 29.7 Å². The number of halogens is 1. The SMILES string of the molecule is CN=C(NCc1cc(OC)ccc1O)NCc1oc2ccccc2c1C.I. The van der Waals surface area contributed by atoms with E-state index >= 15 is 0 Å². The standard InChI is InChI=1S/C20H23N3O3.HI/c1-13-16-6-4-5-7-18(16)26-19(13)12-23-20(21-2)22-11-14-10-15(25-3)8-9-17(14)24;/h4-10,24H,11-12H2,1-3H3,(H2,21,22,23);1H. The van der Waals surface area contributed by atoms with Gasteiger partial charge in [0.15, 0.2) is 5.96 Å². The summed E-state index contributed by atoms with van der Waals surface area (Å²) in [6.45, 7) is 2.99. The first-order valence-corrected chi connectivity index (χ1v) is 8.39. The maximum atomic E-state index is 9.97. The van der Waals surface area contributed by atoms with E-state index in [4.69, 9.17) is 9.15 Å². The number of guanidine groups is 1. The summed E-state index contributed by atoms with van der Waals surface area (Å²) < 4.78 is 11.1. The van der Waals surface area contributed by atoms with Crippen LogP contribution in [0.5, 0.6) is 11.5 Å². The third-order valence-corrected chi connectivity index (χ3v) is 4.32. The number of benzene rings is 2. The molecule has 0 aliphatic carbocycles. The van der Waals surface area contributed by atoms with Gasteiger partial charge in [-0.2, -0.15) is 0 Å². The lowest BCUT2D eigenvalue weighted by molar-refractivity contribution is 0.410. The molecule has 3 aromatic rings.